The van der Waals surface area contributed by atoms with Gasteiger partial charge in [-0.15, -0.1) is 0 Å². The Balaban J connectivity index is 1.62. The summed E-state index contributed by atoms with van der Waals surface area (Å²) in [7, 11) is 1.65. The van der Waals surface area contributed by atoms with Crippen LogP contribution in [-0.4, -0.2) is 25.9 Å². The Kier molecular flexibility index (Phi) is 5.09. The molecule has 132 valence electrons. The summed E-state index contributed by atoms with van der Waals surface area (Å²) in [5, 5.41) is 4.93. The van der Waals surface area contributed by atoms with Gasteiger partial charge in [0.05, 0.1) is 12.7 Å². The fourth-order valence-electron chi connectivity index (χ4n) is 2.90. The van der Waals surface area contributed by atoms with Gasteiger partial charge in [0.1, 0.15) is 11.8 Å². The number of hydrogen-bond acceptors (Lipinski definition) is 4. The highest BCUT2D eigenvalue weighted by molar-refractivity contribution is 5.93. The molecule has 3 N–H and O–H groups in total. The van der Waals surface area contributed by atoms with Crippen LogP contribution in [0.3, 0.4) is 0 Å². The molecule has 2 aromatic rings. The van der Waals surface area contributed by atoms with Gasteiger partial charge in [-0.25, -0.2) is 0 Å². The molecule has 0 saturated heterocycles. The molecule has 0 unspecified atom stereocenters. The first-order valence-electron chi connectivity index (χ1n) is 8.27. The number of carbonyl (C=O) groups excluding carboxylic acids is 1. The number of quaternary nitrogens is 1. The number of para-hydroxylation sites is 1. The van der Waals surface area contributed by atoms with E-state index in [1.807, 2.05) is 42.6 Å². The van der Waals surface area contributed by atoms with E-state index in [2.05, 4.69) is 12.2 Å². The topological polar surface area (TPSA) is 73.4 Å². The Morgan fingerprint density at radius 1 is 1.16 bits per heavy atom. The van der Waals surface area contributed by atoms with Crippen molar-refractivity contribution in [3.8, 4) is 17.2 Å². The van der Waals surface area contributed by atoms with E-state index in [0.717, 1.165) is 11.3 Å². The zero-order valence-electron chi connectivity index (χ0n) is 14.6. The van der Waals surface area contributed by atoms with Crippen LogP contribution >= 0.6 is 0 Å². The predicted octanol–water partition coefficient (Wildman–Crippen LogP) is 2.08. The molecule has 0 saturated carbocycles. The molecule has 6 heteroatoms. The van der Waals surface area contributed by atoms with Gasteiger partial charge in [-0.1, -0.05) is 12.1 Å². The van der Waals surface area contributed by atoms with Crippen molar-refractivity contribution in [2.75, 3.05) is 19.2 Å². The molecule has 0 aliphatic carbocycles. The van der Waals surface area contributed by atoms with Gasteiger partial charge in [0.2, 0.25) is 6.79 Å². The van der Waals surface area contributed by atoms with Crippen molar-refractivity contribution >= 4 is 11.6 Å². The molecule has 0 spiro atoms. The van der Waals surface area contributed by atoms with Crippen molar-refractivity contribution in [2.45, 2.75) is 25.9 Å². The summed E-state index contributed by atoms with van der Waals surface area (Å²) in [6, 6.07) is 13.1. The minimum absolute atomic E-state index is 0.0689. The fraction of sp³-hybridized carbons (Fsp3) is 0.316. The highest BCUT2D eigenvalue weighted by Crippen LogP contribution is 2.34. The predicted molar refractivity (Wildman–Crippen MR) is 94.0 cm³/mol. The number of anilines is 1. The molecular weight excluding hydrogens is 320 g/mol. The second-order valence-corrected chi connectivity index (χ2v) is 6.07. The minimum atomic E-state index is -0.259. The molecule has 0 fully saturated rings. The van der Waals surface area contributed by atoms with Gasteiger partial charge in [-0.3, -0.25) is 4.79 Å². The number of nitrogens with one attached hydrogen (secondary N) is 1. The molecule has 25 heavy (non-hydrogen) atoms. The number of benzene rings is 2. The summed E-state index contributed by atoms with van der Waals surface area (Å²) in [6.07, 6.45) is 0. The van der Waals surface area contributed by atoms with Crippen LogP contribution in [0.15, 0.2) is 42.5 Å². The molecule has 1 amide bonds. The summed E-state index contributed by atoms with van der Waals surface area (Å²) in [5.74, 6) is 2.11. The SMILES string of the molecule is COc1ccccc1[C@H](C)[NH2+][C@@H](C)C(=O)Nc1ccc2c(c1)OCO2. The molecule has 1 aliphatic rings. The van der Waals surface area contributed by atoms with Crippen LogP contribution in [0, 0.1) is 0 Å². The normalized spacial score (nSPS) is 14.7. The quantitative estimate of drug-likeness (QED) is 0.842. The molecule has 6 nitrogen and oxygen atoms in total. The van der Waals surface area contributed by atoms with Crippen LogP contribution in [0.5, 0.6) is 17.2 Å². The Morgan fingerprint density at radius 2 is 1.92 bits per heavy atom. The second-order valence-electron chi connectivity index (χ2n) is 6.07. The molecule has 1 aliphatic heterocycles. The maximum atomic E-state index is 12.5. The van der Waals surface area contributed by atoms with E-state index in [1.165, 1.54) is 0 Å². The van der Waals surface area contributed by atoms with Crippen LogP contribution < -0.4 is 24.8 Å². The Labute approximate surface area is 147 Å². The number of nitrogens with two attached hydrogens (primary N) is 1. The standard InChI is InChI=1S/C19H22N2O4/c1-12(15-6-4-5-7-16(15)23-3)20-13(2)19(22)21-14-8-9-17-18(10-14)25-11-24-17/h4-10,12-13,20H,11H2,1-3H3,(H,21,22)/p+1/t12-,13-/m0/s1. The largest absolute Gasteiger partial charge is 0.496 e. The average molecular weight is 343 g/mol. The van der Waals surface area contributed by atoms with E-state index in [4.69, 9.17) is 14.2 Å². The molecular formula is C19H23N2O4+. The van der Waals surface area contributed by atoms with Gasteiger partial charge in [0, 0.05) is 11.8 Å². The number of rotatable bonds is 6. The first-order chi connectivity index (χ1) is 12.1. The molecule has 3 rings (SSSR count). The van der Waals surface area contributed by atoms with E-state index in [9.17, 15) is 4.79 Å². The number of ether oxygens (including phenoxy) is 3. The minimum Gasteiger partial charge on any atom is -0.496 e. The van der Waals surface area contributed by atoms with E-state index in [-0.39, 0.29) is 24.8 Å². The first-order valence-corrected chi connectivity index (χ1v) is 8.27. The highest BCUT2D eigenvalue weighted by Gasteiger charge is 2.23. The molecule has 0 radical (unpaired) electrons. The van der Waals surface area contributed by atoms with Gasteiger partial charge < -0.3 is 24.8 Å². The zero-order valence-corrected chi connectivity index (χ0v) is 14.6. The summed E-state index contributed by atoms with van der Waals surface area (Å²) < 4.78 is 16.0. The Morgan fingerprint density at radius 3 is 2.72 bits per heavy atom. The lowest BCUT2D eigenvalue weighted by molar-refractivity contribution is -0.709. The third kappa shape index (κ3) is 3.85. The maximum Gasteiger partial charge on any atom is 0.282 e. The van der Waals surface area contributed by atoms with Crippen molar-refractivity contribution in [1.82, 2.24) is 0 Å². The lowest BCUT2D eigenvalue weighted by atomic mass is 10.1. The third-order valence-electron chi connectivity index (χ3n) is 4.26. The van der Waals surface area contributed by atoms with Crippen LogP contribution in [0.4, 0.5) is 5.69 Å². The summed E-state index contributed by atoms with van der Waals surface area (Å²) in [4.78, 5) is 12.5. The molecule has 1 heterocycles. The van der Waals surface area contributed by atoms with E-state index in [1.54, 1.807) is 19.2 Å². The van der Waals surface area contributed by atoms with Crippen LogP contribution in [0.2, 0.25) is 0 Å². The number of fused-ring (bicyclic) bond motifs is 1. The number of carbonyl (C=O) groups is 1. The highest BCUT2D eigenvalue weighted by atomic mass is 16.7. The van der Waals surface area contributed by atoms with Gasteiger partial charge in [0.15, 0.2) is 17.5 Å². The van der Waals surface area contributed by atoms with Gasteiger partial charge in [-0.05, 0) is 38.1 Å². The van der Waals surface area contributed by atoms with Gasteiger partial charge >= 0.3 is 0 Å². The van der Waals surface area contributed by atoms with Crippen molar-refractivity contribution < 1.29 is 24.3 Å². The van der Waals surface area contributed by atoms with Crippen molar-refractivity contribution in [3.63, 3.8) is 0 Å². The summed E-state index contributed by atoms with van der Waals surface area (Å²) in [6.45, 7) is 4.16. The molecule has 0 aromatic heterocycles. The van der Waals surface area contributed by atoms with E-state index < -0.39 is 0 Å². The lowest BCUT2D eigenvalue weighted by Crippen LogP contribution is -2.91. The van der Waals surface area contributed by atoms with Gasteiger partial charge in [-0.2, -0.15) is 0 Å². The monoisotopic (exact) mass is 343 g/mol. The molecule has 0 bridgehead atoms. The maximum absolute atomic E-state index is 12.5. The summed E-state index contributed by atoms with van der Waals surface area (Å²) >= 11 is 0. The van der Waals surface area contributed by atoms with E-state index in [0.29, 0.717) is 17.2 Å². The van der Waals surface area contributed by atoms with E-state index >= 15 is 0 Å². The Hall–Kier alpha value is -2.73. The zero-order chi connectivity index (χ0) is 17.8. The van der Waals surface area contributed by atoms with Crippen LogP contribution in [0.25, 0.3) is 0 Å². The molecule has 2 aromatic carbocycles. The van der Waals surface area contributed by atoms with Crippen molar-refractivity contribution in [1.29, 1.82) is 0 Å². The fourth-order valence-corrected chi connectivity index (χ4v) is 2.90. The van der Waals surface area contributed by atoms with Gasteiger partial charge in [0.25, 0.3) is 5.91 Å². The summed E-state index contributed by atoms with van der Waals surface area (Å²) in [5.41, 5.74) is 1.76. The lowest BCUT2D eigenvalue weighted by Gasteiger charge is -2.18. The number of amides is 1. The number of methoxy groups -OCH3 is 1. The molecule has 2 atom stereocenters. The van der Waals surface area contributed by atoms with Crippen LogP contribution in [-0.2, 0) is 4.79 Å². The van der Waals surface area contributed by atoms with Crippen molar-refractivity contribution in [3.05, 3.63) is 48.0 Å². The average Bonchev–Trinajstić information content (AvgIpc) is 3.09. The van der Waals surface area contributed by atoms with Crippen LogP contribution in [0.1, 0.15) is 25.5 Å². The third-order valence-corrected chi connectivity index (χ3v) is 4.26. The Bertz CT molecular complexity index is 763. The first kappa shape index (κ1) is 17.1. The van der Waals surface area contributed by atoms with Crippen molar-refractivity contribution in [2.24, 2.45) is 0 Å². The second kappa shape index (κ2) is 7.44. The number of hydrogen-bond donors (Lipinski definition) is 2. The smallest absolute Gasteiger partial charge is 0.282 e.